The van der Waals surface area contributed by atoms with Crippen molar-refractivity contribution < 1.29 is 17.7 Å². The zero-order valence-corrected chi connectivity index (χ0v) is 68.0. The molecule has 23 aromatic carbocycles. The van der Waals surface area contributed by atoms with Gasteiger partial charge in [-0.15, -0.1) is 0 Å². The van der Waals surface area contributed by atoms with E-state index in [0.717, 1.165) is 181 Å². The maximum atomic E-state index is 7.71. The summed E-state index contributed by atoms with van der Waals surface area (Å²) in [7, 11) is 0. The van der Waals surface area contributed by atoms with Crippen molar-refractivity contribution in [2.75, 3.05) is 0 Å². The largest absolute Gasteiger partial charge is 0.455 e. The Morgan fingerprint density at radius 3 is 1.00 bits per heavy atom. The third-order valence-corrected chi connectivity index (χ3v) is 27.0. The monoisotopic (exact) mass is 1600 g/mol. The third-order valence-electron chi connectivity index (χ3n) is 27.0. The van der Waals surface area contributed by atoms with Gasteiger partial charge in [-0.05, 0) is 224 Å². The molecule has 582 valence electrons. The van der Waals surface area contributed by atoms with Gasteiger partial charge in [-0.25, -0.2) is 0 Å². The van der Waals surface area contributed by atoms with Gasteiger partial charge >= 0.3 is 0 Å². The van der Waals surface area contributed by atoms with Crippen molar-refractivity contribution in [2.24, 2.45) is 0 Å². The van der Waals surface area contributed by atoms with Crippen LogP contribution >= 0.6 is 0 Å². The van der Waals surface area contributed by atoms with Crippen LogP contribution in [0, 0.1) is 0 Å². The first-order valence-electron chi connectivity index (χ1n) is 43.3. The second-order valence-electron chi connectivity index (χ2n) is 33.7. The molecule has 0 atom stereocenters. The van der Waals surface area contributed by atoms with Gasteiger partial charge in [0.1, 0.15) is 44.7 Å². The van der Waals surface area contributed by atoms with Gasteiger partial charge in [0.2, 0.25) is 0 Å². The van der Waals surface area contributed by atoms with Crippen molar-refractivity contribution >= 4 is 174 Å². The topological polar surface area (TPSA) is 52.6 Å². The minimum absolute atomic E-state index is 0.779. The van der Waals surface area contributed by atoms with Gasteiger partial charge in [-0.3, -0.25) is 0 Å². The SMILES string of the molecule is c1ccc(-c2c3ccccc3c(-c3ccc(-c4ccc5oc6c(-c7ccc(-c8c9ccccc9c(-c9ccc(-c%10ccc%11oc%12c%13ccccc%13ccc%12c%11c%10)cc9)c9ccccc89)cc7)cc7cc(-c8cccc9c8oc8c(-c%10c%11ccccc%11c(-c%11ccccc%11)c%11ccccc%10%11)cc%10c%11ccccc%11oc%10c89)ccc7c6c5c4)cc3)c3ccccc23)cc1. The van der Waals surface area contributed by atoms with Gasteiger partial charge in [-0.1, -0.05) is 370 Å². The van der Waals surface area contributed by atoms with Gasteiger partial charge in [0, 0.05) is 65.3 Å². The van der Waals surface area contributed by atoms with Crippen LogP contribution in [0.4, 0.5) is 0 Å². The minimum atomic E-state index is 0.779. The Labute approximate surface area is 722 Å². The van der Waals surface area contributed by atoms with Gasteiger partial charge in [0.15, 0.2) is 0 Å². The Kier molecular flexibility index (Phi) is 15.3. The fourth-order valence-electron chi connectivity index (χ4n) is 21.4. The lowest BCUT2D eigenvalue weighted by Gasteiger charge is -2.18. The molecule has 0 amide bonds. The fraction of sp³-hybridized carbons (Fsp3) is 0. The molecule has 0 saturated carbocycles. The van der Waals surface area contributed by atoms with Crippen molar-refractivity contribution in [1.29, 1.82) is 0 Å². The molecule has 0 N–H and O–H groups in total. The molecule has 126 heavy (non-hydrogen) atoms. The molecule has 27 aromatic rings. The summed E-state index contributed by atoms with van der Waals surface area (Å²) in [5.74, 6) is 0. The first-order chi connectivity index (χ1) is 62.5. The second-order valence-corrected chi connectivity index (χ2v) is 33.7. The van der Waals surface area contributed by atoms with E-state index in [0.29, 0.717) is 0 Å². The maximum absolute atomic E-state index is 7.71. The normalized spacial score (nSPS) is 12.1. The van der Waals surface area contributed by atoms with Crippen LogP contribution in [-0.4, -0.2) is 0 Å². The predicted molar refractivity (Wildman–Crippen MR) is 530 cm³/mol. The Hall–Kier alpha value is -16.7. The van der Waals surface area contributed by atoms with Crippen molar-refractivity contribution in [1.82, 2.24) is 0 Å². The molecule has 27 rings (SSSR count). The minimum Gasteiger partial charge on any atom is -0.455 e. The van der Waals surface area contributed by atoms with Crippen molar-refractivity contribution in [3.05, 3.63) is 425 Å². The zero-order chi connectivity index (χ0) is 82.3. The highest BCUT2D eigenvalue weighted by atomic mass is 16.3. The standard InChI is InChI=1S/C122H70O4/c1-3-25-75(26-4-1)110-88-31-9-11-33-90(88)112(91-34-12-10-32-89(91)110)78-54-48-72(49-55-78)81-61-65-109-105(68-81)116-84-62-59-82(86-43-23-44-101-117-121-104(87-30-21-22-45-107(87)124-121)70-106(122(117)126-119(86)101)115-98-41-19-17-39-96(98)111(76-27-5-2-6-28-76)97-40-18-20-42-99(97)115)66-83(84)69-102(120(116)125-109)74-50-56-79(57-51-74)114-94-37-15-13-35-92(94)113(93-36-14-16-38-95(93)114)77-52-46-71(47-53-77)80-60-64-108-103(67-80)100-63-58-73-24-7-8-29-85(73)118(100)123-108/h1-70H. The summed E-state index contributed by atoms with van der Waals surface area (Å²) in [5, 5.41) is 27.2. The smallest absolute Gasteiger partial charge is 0.147 e. The zero-order valence-electron chi connectivity index (χ0n) is 68.0. The predicted octanol–water partition coefficient (Wildman–Crippen LogP) is 35.2. The van der Waals surface area contributed by atoms with E-state index in [4.69, 9.17) is 17.7 Å². The average Bonchev–Trinajstić information content (AvgIpc) is 1.47. The summed E-state index contributed by atoms with van der Waals surface area (Å²) in [5.41, 5.74) is 29.3. The molecule has 4 heterocycles. The molecule has 0 aliphatic rings. The molecule has 0 spiro atoms. The Balaban J connectivity index is 0.622. The van der Waals surface area contributed by atoms with E-state index in [1.807, 2.05) is 0 Å². The number of hydrogen-bond acceptors (Lipinski definition) is 4. The molecule has 0 bridgehead atoms. The van der Waals surface area contributed by atoms with Crippen LogP contribution < -0.4 is 0 Å². The van der Waals surface area contributed by atoms with Crippen molar-refractivity contribution in [3.8, 4) is 111 Å². The number of furan rings is 4. The van der Waals surface area contributed by atoms with Gasteiger partial charge in [0.25, 0.3) is 0 Å². The fourth-order valence-corrected chi connectivity index (χ4v) is 21.4. The number of hydrogen-bond donors (Lipinski definition) is 0. The van der Waals surface area contributed by atoms with E-state index in [2.05, 4.69) is 425 Å². The van der Waals surface area contributed by atoms with Crippen LogP contribution in [0.3, 0.4) is 0 Å². The number of fused-ring (bicyclic) bond motifs is 23. The summed E-state index contributed by atoms with van der Waals surface area (Å²) in [6, 6.07) is 156. The van der Waals surface area contributed by atoms with Crippen LogP contribution in [0.2, 0.25) is 0 Å². The Bertz CT molecular complexity index is 9130. The summed E-state index contributed by atoms with van der Waals surface area (Å²) < 4.78 is 28.7. The second kappa shape index (κ2) is 27.4. The van der Waals surface area contributed by atoms with E-state index in [-0.39, 0.29) is 0 Å². The molecule has 4 heteroatoms. The lowest BCUT2D eigenvalue weighted by molar-refractivity contribution is 0.664. The lowest BCUT2D eigenvalue weighted by Crippen LogP contribution is -1.91. The van der Waals surface area contributed by atoms with E-state index in [9.17, 15) is 0 Å². The van der Waals surface area contributed by atoms with Gasteiger partial charge in [-0.2, -0.15) is 0 Å². The Morgan fingerprint density at radius 2 is 0.484 bits per heavy atom. The summed E-state index contributed by atoms with van der Waals surface area (Å²) in [6.07, 6.45) is 0. The summed E-state index contributed by atoms with van der Waals surface area (Å²) in [6.45, 7) is 0. The Morgan fingerprint density at radius 1 is 0.119 bits per heavy atom. The van der Waals surface area contributed by atoms with Crippen LogP contribution in [0.1, 0.15) is 0 Å². The number of para-hydroxylation sites is 2. The van der Waals surface area contributed by atoms with Crippen LogP contribution in [0.15, 0.2) is 442 Å². The average molecular weight is 1600 g/mol. The molecule has 0 saturated heterocycles. The first-order valence-corrected chi connectivity index (χ1v) is 43.3. The third kappa shape index (κ3) is 10.5. The van der Waals surface area contributed by atoms with Gasteiger partial charge < -0.3 is 17.7 Å². The molecule has 0 fully saturated rings. The first kappa shape index (κ1) is 70.1. The number of rotatable bonds is 10. The quantitative estimate of drug-likeness (QED) is 0.128. The highest BCUT2D eigenvalue weighted by Crippen LogP contribution is 2.54. The lowest BCUT2D eigenvalue weighted by atomic mass is 9.85. The number of benzene rings is 23. The van der Waals surface area contributed by atoms with Gasteiger partial charge in [0.05, 0.1) is 5.39 Å². The summed E-state index contributed by atoms with van der Waals surface area (Å²) >= 11 is 0. The van der Waals surface area contributed by atoms with Crippen LogP contribution in [0.5, 0.6) is 0 Å². The molecule has 0 aliphatic carbocycles. The van der Waals surface area contributed by atoms with Crippen LogP contribution in [-0.2, 0) is 0 Å². The molecule has 0 aliphatic heterocycles. The molecular weight excluding hydrogens is 1530 g/mol. The molecule has 4 nitrogen and oxygen atoms in total. The highest BCUT2D eigenvalue weighted by Gasteiger charge is 2.29. The van der Waals surface area contributed by atoms with Crippen molar-refractivity contribution in [3.63, 3.8) is 0 Å². The highest BCUT2D eigenvalue weighted by molar-refractivity contribution is 6.32. The van der Waals surface area contributed by atoms with E-state index in [1.54, 1.807) is 0 Å². The maximum Gasteiger partial charge on any atom is 0.147 e. The van der Waals surface area contributed by atoms with E-state index >= 15 is 0 Å². The van der Waals surface area contributed by atoms with E-state index < -0.39 is 0 Å². The molecular formula is C122H70O4. The molecule has 0 unspecified atom stereocenters. The summed E-state index contributed by atoms with van der Waals surface area (Å²) in [4.78, 5) is 0. The molecule has 0 radical (unpaired) electrons. The molecule has 4 aromatic heterocycles. The van der Waals surface area contributed by atoms with Crippen LogP contribution in [0.25, 0.3) is 285 Å². The van der Waals surface area contributed by atoms with E-state index in [1.165, 1.54) is 104 Å². The van der Waals surface area contributed by atoms with Crippen molar-refractivity contribution in [2.45, 2.75) is 0 Å².